The minimum absolute atomic E-state index is 0.337. The Morgan fingerprint density at radius 1 is 1.38 bits per heavy atom. The Morgan fingerprint density at radius 2 is 2.23 bits per heavy atom. The molecule has 0 amide bonds. The Bertz CT molecular complexity index is 680. The molecule has 1 saturated heterocycles. The number of morpholine rings is 1. The molecule has 2 aromatic rings. The lowest BCUT2D eigenvalue weighted by Gasteiger charge is -2.34. The molecule has 0 bridgehead atoms. The Labute approximate surface area is 163 Å². The summed E-state index contributed by atoms with van der Waals surface area (Å²) < 4.78 is 5.51. The highest BCUT2D eigenvalue weighted by Crippen LogP contribution is 2.25. The number of hydrogen-bond acceptors (Lipinski definition) is 6. The Morgan fingerprint density at radius 3 is 2.88 bits per heavy atom. The molecule has 0 spiro atoms. The SMILES string of the molecule is CCc1cnc(CNC(=NC)NCC(c2cccs2)N2CCOCC2)s1. The van der Waals surface area contributed by atoms with Crippen LogP contribution in [0.25, 0.3) is 0 Å². The van der Waals surface area contributed by atoms with Crippen molar-refractivity contribution in [2.24, 2.45) is 4.99 Å². The van der Waals surface area contributed by atoms with Crippen LogP contribution in [0.1, 0.15) is 27.7 Å². The van der Waals surface area contributed by atoms with Crippen LogP contribution in [-0.2, 0) is 17.7 Å². The molecular formula is C18H27N5OS2. The average Bonchev–Trinajstić information content (AvgIpc) is 3.37. The van der Waals surface area contributed by atoms with Crippen LogP contribution in [0.4, 0.5) is 0 Å². The fourth-order valence-electron chi connectivity index (χ4n) is 2.95. The van der Waals surface area contributed by atoms with Gasteiger partial charge in [-0.05, 0) is 17.9 Å². The average molecular weight is 394 g/mol. The quantitative estimate of drug-likeness (QED) is 0.559. The van der Waals surface area contributed by atoms with Gasteiger partial charge in [-0.15, -0.1) is 22.7 Å². The van der Waals surface area contributed by atoms with Crippen LogP contribution in [0.5, 0.6) is 0 Å². The second kappa shape index (κ2) is 10.0. The topological polar surface area (TPSA) is 61.8 Å². The summed E-state index contributed by atoms with van der Waals surface area (Å²) in [5.41, 5.74) is 0. The summed E-state index contributed by atoms with van der Waals surface area (Å²) in [7, 11) is 1.81. The third-order valence-corrected chi connectivity index (χ3v) is 6.52. The Hall–Kier alpha value is -1.48. The van der Waals surface area contributed by atoms with Gasteiger partial charge in [0.2, 0.25) is 0 Å². The van der Waals surface area contributed by atoms with Gasteiger partial charge in [0.05, 0.1) is 25.8 Å². The first-order valence-electron chi connectivity index (χ1n) is 9.03. The van der Waals surface area contributed by atoms with E-state index >= 15 is 0 Å². The molecule has 8 heteroatoms. The first-order valence-corrected chi connectivity index (χ1v) is 10.7. The van der Waals surface area contributed by atoms with E-state index in [0.29, 0.717) is 12.6 Å². The fourth-order valence-corrected chi connectivity index (χ4v) is 4.61. The van der Waals surface area contributed by atoms with Gasteiger partial charge in [0.25, 0.3) is 0 Å². The lowest BCUT2D eigenvalue weighted by molar-refractivity contribution is 0.0177. The van der Waals surface area contributed by atoms with Crippen LogP contribution in [0.2, 0.25) is 0 Å². The molecular weight excluding hydrogens is 366 g/mol. The molecule has 1 unspecified atom stereocenters. The summed E-state index contributed by atoms with van der Waals surface area (Å²) in [5, 5.41) is 10.1. The van der Waals surface area contributed by atoms with E-state index in [2.05, 4.69) is 49.9 Å². The van der Waals surface area contributed by atoms with Crippen molar-refractivity contribution in [3.05, 3.63) is 38.5 Å². The third kappa shape index (κ3) is 5.26. The zero-order chi connectivity index (χ0) is 18.2. The Kier molecular flexibility index (Phi) is 7.43. The van der Waals surface area contributed by atoms with Gasteiger partial charge < -0.3 is 15.4 Å². The fraction of sp³-hybridized carbons (Fsp3) is 0.556. The van der Waals surface area contributed by atoms with Gasteiger partial charge >= 0.3 is 0 Å². The van der Waals surface area contributed by atoms with Crippen LogP contribution in [0, 0.1) is 0 Å². The first kappa shape index (κ1) is 19.3. The van der Waals surface area contributed by atoms with Crippen LogP contribution in [-0.4, -0.2) is 55.7 Å². The smallest absolute Gasteiger partial charge is 0.191 e. The molecule has 3 heterocycles. The van der Waals surface area contributed by atoms with E-state index < -0.39 is 0 Å². The van der Waals surface area contributed by atoms with Gasteiger partial charge in [-0.1, -0.05) is 13.0 Å². The van der Waals surface area contributed by atoms with Crippen LogP contribution >= 0.6 is 22.7 Å². The highest BCUT2D eigenvalue weighted by molar-refractivity contribution is 7.11. The zero-order valence-electron chi connectivity index (χ0n) is 15.4. The number of aliphatic imine (C=N–C) groups is 1. The Balaban J connectivity index is 1.55. The highest BCUT2D eigenvalue weighted by Gasteiger charge is 2.23. The molecule has 1 aliphatic rings. The van der Waals surface area contributed by atoms with Gasteiger partial charge in [-0.25, -0.2) is 4.98 Å². The summed E-state index contributed by atoms with van der Waals surface area (Å²) in [6.07, 6.45) is 3.00. The lowest BCUT2D eigenvalue weighted by Crippen LogP contribution is -2.46. The van der Waals surface area contributed by atoms with Crippen LogP contribution < -0.4 is 10.6 Å². The monoisotopic (exact) mass is 393 g/mol. The van der Waals surface area contributed by atoms with E-state index in [9.17, 15) is 0 Å². The number of nitrogens with one attached hydrogen (secondary N) is 2. The third-order valence-electron chi connectivity index (χ3n) is 4.40. The van der Waals surface area contributed by atoms with Crippen molar-refractivity contribution in [1.82, 2.24) is 20.5 Å². The van der Waals surface area contributed by atoms with Crippen molar-refractivity contribution in [3.63, 3.8) is 0 Å². The van der Waals surface area contributed by atoms with E-state index in [4.69, 9.17) is 4.74 Å². The summed E-state index contributed by atoms with van der Waals surface area (Å²) in [6, 6.07) is 4.67. The molecule has 3 rings (SSSR count). The number of ether oxygens (including phenoxy) is 1. The van der Waals surface area contributed by atoms with E-state index in [1.807, 2.05) is 24.6 Å². The van der Waals surface area contributed by atoms with Crippen LogP contribution in [0.3, 0.4) is 0 Å². The summed E-state index contributed by atoms with van der Waals surface area (Å²) in [5.74, 6) is 0.813. The van der Waals surface area contributed by atoms with Crippen LogP contribution in [0.15, 0.2) is 28.7 Å². The van der Waals surface area contributed by atoms with Gasteiger partial charge in [0, 0.05) is 42.6 Å². The normalized spacial score (nSPS) is 17.2. The largest absolute Gasteiger partial charge is 0.379 e. The number of guanidine groups is 1. The molecule has 0 radical (unpaired) electrons. The maximum atomic E-state index is 5.51. The molecule has 2 aromatic heterocycles. The molecule has 0 aliphatic carbocycles. The summed E-state index contributed by atoms with van der Waals surface area (Å²) in [6.45, 7) is 7.22. The second-order valence-corrected chi connectivity index (χ2v) is 8.24. The van der Waals surface area contributed by atoms with Gasteiger partial charge in [-0.2, -0.15) is 0 Å². The predicted molar refractivity (Wildman–Crippen MR) is 109 cm³/mol. The summed E-state index contributed by atoms with van der Waals surface area (Å²) >= 11 is 3.56. The second-order valence-electron chi connectivity index (χ2n) is 6.06. The minimum Gasteiger partial charge on any atom is -0.379 e. The maximum absolute atomic E-state index is 5.51. The maximum Gasteiger partial charge on any atom is 0.191 e. The molecule has 142 valence electrons. The summed E-state index contributed by atoms with van der Waals surface area (Å²) in [4.78, 5) is 14.0. The van der Waals surface area contributed by atoms with E-state index in [1.165, 1.54) is 9.75 Å². The lowest BCUT2D eigenvalue weighted by atomic mass is 10.2. The number of thiophene rings is 1. The molecule has 26 heavy (non-hydrogen) atoms. The number of aromatic nitrogens is 1. The van der Waals surface area contributed by atoms with Gasteiger partial charge in [-0.3, -0.25) is 9.89 Å². The van der Waals surface area contributed by atoms with Crippen molar-refractivity contribution in [2.45, 2.75) is 25.9 Å². The number of nitrogens with zero attached hydrogens (tertiary/aromatic N) is 3. The van der Waals surface area contributed by atoms with E-state index in [1.54, 1.807) is 11.3 Å². The molecule has 2 N–H and O–H groups in total. The van der Waals surface area contributed by atoms with E-state index in [0.717, 1.165) is 50.2 Å². The first-order chi connectivity index (χ1) is 12.8. The predicted octanol–water partition coefficient (Wildman–Crippen LogP) is 2.51. The molecule has 1 aliphatic heterocycles. The standard InChI is InChI=1S/C18H27N5OS2/c1-3-14-11-20-17(26-14)13-22-18(19-2)21-12-15(16-5-4-10-25-16)23-6-8-24-9-7-23/h4-5,10-11,15H,3,6-9,12-13H2,1-2H3,(H2,19,21,22). The molecule has 0 saturated carbocycles. The van der Waals surface area contributed by atoms with E-state index in [-0.39, 0.29) is 0 Å². The molecule has 0 aromatic carbocycles. The number of hydrogen-bond donors (Lipinski definition) is 2. The van der Waals surface area contributed by atoms with Crippen molar-refractivity contribution >= 4 is 28.6 Å². The number of aryl methyl sites for hydroxylation is 1. The van der Waals surface area contributed by atoms with Gasteiger partial charge in [0.1, 0.15) is 5.01 Å². The minimum atomic E-state index is 0.337. The number of rotatable bonds is 7. The molecule has 1 atom stereocenters. The highest BCUT2D eigenvalue weighted by atomic mass is 32.1. The molecule has 6 nitrogen and oxygen atoms in total. The van der Waals surface area contributed by atoms with Gasteiger partial charge in [0.15, 0.2) is 5.96 Å². The molecule has 1 fully saturated rings. The van der Waals surface area contributed by atoms with Crippen molar-refractivity contribution < 1.29 is 4.74 Å². The van der Waals surface area contributed by atoms with Crippen molar-refractivity contribution in [2.75, 3.05) is 39.9 Å². The van der Waals surface area contributed by atoms with Crippen molar-refractivity contribution in [3.8, 4) is 0 Å². The zero-order valence-corrected chi connectivity index (χ0v) is 17.0. The number of thiazole rings is 1. The van der Waals surface area contributed by atoms with Crippen molar-refractivity contribution in [1.29, 1.82) is 0 Å².